The maximum atomic E-state index is 10.9. The fraction of sp³-hybridized carbons (Fsp3) is 0.889. The van der Waals surface area contributed by atoms with Crippen LogP contribution in [0.3, 0.4) is 0 Å². The molecule has 64 valence electrons. The van der Waals surface area contributed by atoms with Crippen molar-refractivity contribution in [2.45, 2.75) is 39.2 Å². The van der Waals surface area contributed by atoms with E-state index >= 15 is 0 Å². The normalized spacial score (nSPS) is 38.6. The Morgan fingerprint density at radius 2 is 2.09 bits per heavy atom. The largest absolute Gasteiger partial charge is 0.393 e. The van der Waals surface area contributed by atoms with Crippen LogP contribution in [0.5, 0.6) is 0 Å². The Balaban J connectivity index is 2.46. The Hall–Kier alpha value is -0.370. The van der Waals surface area contributed by atoms with E-state index in [2.05, 4.69) is 0 Å². The lowest BCUT2D eigenvalue weighted by Gasteiger charge is -2.29. The van der Waals surface area contributed by atoms with Crippen LogP contribution in [0.1, 0.15) is 33.1 Å². The predicted molar refractivity (Wildman–Crippen MR) is 43.2 cm³/mol. The topological polar surface area (TPSA) is 37.3 Å². The Bertz CT molecular complexity index is 154. The molecule has 3 unspecified atom stereocenters. The second-order valence-corrected chi connectivity index (χ2v) is 3.67. The van der Waals surface area contributed by atoms with E-state index in [0.29, 0.717) is 12.3 Å². The van der Waals surface area contributed by atoms with Gasteiger partial charge in [0, 0.05) is 5.92 Å². The molecule has 0 aromatic carbocycles. The molecule has 1 N–H and O–H groups in total. The quantitative estimate of drug-likeness (QED) is 0.622. The summed E-state index contributed by atoms with van der Waals surface area (Å²) in [7, 11) is 0. The molecule has 2 nitrogen and oxygen atoms in total. The summed E-state index contributed by atoms with van der Waals surface area (Å²) in [5.41, 5.74) is 0. The van der Waals surface area contributed by atoms with Gasteiger partial charge in [-0.2, -0.15) is 0 Å². The predicted octanol–water partition coefficient (Wildman–Crippen LogP) is 1.37. The summed E-state index contributed by atoms with van der Waals surface area (Å²) in [6.07, 6.45) is 2.38. The molecular weight excluding hydrogens is 140 g/mol. The van der Waals surface area contributed by atoms with Crippen molar-refractivity contribution in [3.8, 4) is 0 Å². The summed E-state index contributed by atoms with van der Waals surface area (Å²) in [5, 5.41) is 9.44. The zero-order valence-electron chi connectivity index (χ0n) is 7.21. The van der Waals surface area contributed by atoms with Crippen LogP contribution >= 0.6 is 0 Å². The Kier molecular flexibility index (Phi) is 2.66. The molecule has 1 rings (SSSR count). The summed E-state index contributed by atoms with van der Waals surface area (Å²) >= 11 is 0. The van der Waals surface area contributed by atoms with Crippen molar-refractivity contribution in [3.63, 3.8) is 0 Å². The van der Waals surface area contributed by atoms with Crippen molar-refractivity contribution in [1.82, 2.24) is 0 Å². The summed E-state index contributed by atoms with van der Waals surface area (Å²) in [4.78, 5) is 10.9. The van der Waals surface area contributed by atoms with Crippen LogP contribution in [0.15, 0.2) is 0 Å². The van der Waals surface area contributed by atoms with Crippen molar-refractivity contribution in [2.24, 2.45) is 11.8 Å². The van der Waals surface area contributed by atoms with E-state index in [1.807, 2.05) is 6.92 Å². The minimum atomic E-state index is -0.252. The fourth-order valence-electron chi connectivity index (χ4n) is 1.67. The highest BCUT2D eigenvalue weighted by Crippen LogP contribution is 2.28. The van der Waals surface area contributed by atoms with Crippen LogP contribution < -0.4 is 0 Å². The van der Waals surface area contributed by atoms with Crippen LogP contribution in [-0.2, 0) is 4.79 Å². The standard InChI is InChI=1S/C9H16O2/c1-6-3-4-8(7(2)10)5-9(6)11/h6,8-9,11H,3-5H2,1-2H3. The first-order chi connectivity index (χ1) is 5.11. The molecule has 11 heavy (non-hydrogen) atoms. The average Bonchev–Trinajstić information content (AvgIpc) is 1.94. The number of aliphatic hydroxyl groups is 1. The number of aliphatic hydroxyl groups excluding tert-OH is 1. The molecule has 1 saturated carbocycles. The molecule has 0 bridgehead atoms. The summed E-state index contributed by atoms with van der Waals surface area (Å²) in [5.74, 6) is 0.739. The lowest BCUT2D eigenvalue weighted by atomic mass is 9.79. The van der Waals surface area contributed by atoms with Crippen LogP contribution in [0.4, 0.5) is 0 Å². The Labute approximate surface area is 67.6 Å². The van der Waals surface area contributed by atoms with Crippen molar-refractivity contribution < 1.29 is 9.90 Å². The number of carbonyl (C=O) groups is 1. The average molecular weight is 156 g/mol. The molecule has 0 saturated heterocycles. The lowest BCUT2D eigenvalue weighted by molar-refractivity contribution is -0.123. The third-order valence-electron chi connectivity index (χ3n) is 2.73. The van der Waals surface area contributed by atoms with E-state index in [-0.39, 0.29) is 17.8 Å². The highest BCUT2D eigenvalue weighted by atomic mass is 16.3. The number of rotatable bonds is 1. The third-order valence-corrected chi connectivity index (χ3v) is 2.73. The molecule has 2 heteroatoms. The minimum Gasteiger partial charge on any atom is -0.393 e. The number of carbonyl (C=O) groups excluding carboxylic acids is 1. The summed E-state index contributed by atoms with van der Waals surface area (Å²) in [6, 6.07) is 0. The zero-order valence-corrected chi connectivity index (χ0v) is 7.21. The van der Waals surface area contributed by atoms with Gasteiger partial charge in [-0.25, -0.2) is 0 Å². The number of hydrogen-bond acceptors (Lipinski definition) is 2. The molecule has 0 radical (unpaired) electrons. The molecule has 1 aliphatic rings. The first-order valence-corrected chi connectivity index (χ1v) is 4.29. The number of ketones is 1. The molecule has 0 spiro atoms. The molecular formula is C9H16O2. The first-order valence-electron chi connectivity index (χ1n) is 4.29. The highest BCUT2D eigenvalue weighted by Gasteiger charge is 2.28. The van der Waals surface area contributed by atoms with E-state index in [4.69, 9.17) is 0 Å². The van der Waals surface area contributed by atoms with Gasteiger partial charge in [0.1, 0.15) is 5.78 Å². The van der Waals surface area contributed by atoms with Crippen LogP contribution in [-0.4, -0.2) is 17.0 Å². The molecule has 1 aliphatic carbocycles. The highest BCUT2D eigenvalue weighted by molar-refractivity contribution is 5.78. The maximum Gasteiger partial charge on any atom is 0.133 e. The molecule has 0 aromatic rings. The third kappa shape index (κ3) is 2.03. The fourth-order valence-corrected chi connectivity index (χ4v) is 1.67. The van der Waals surface area contributed by atoms with Crippen molar-refractivity contribution >= 4 is 5.78 Å². The minimum absolute atomic E-state index is 0.126. The first kappa shape index (κ1) is 8.72. The van der Waals surface area contributed by atoms with Crippen molar-refractivity contribution in [3.05, 3.63) is 0 Å². The van der Waals surface area contributed by atoms with Gasteiger partial charge in [-0.1, -0.05) is 6.92 Å². The van der Waals surface area contributed by atoms with Gasteiger partial charge in [0.25, 0.3) is 0 Å². The lowest BCUT2D eigenvalue weighted by Crippen LogP contribution is -2.30. The zero-order chi connectivity index (χ0) is 8.43. The van der Waals surface area contributed by atoms with E-state index in [9.17, 15) is 9.90 Å². The van der Waals surface area contributed by atoms with Crippen molar-refractivity contribution in [2.75, 3.05) is 0 Å². The molecule has 0 aromatic heterocycles. The second kappa shape index (κ2) is 3.35. The van der Waals surface area contributed by atoms with Crippen LogP contribution in [0.2, 0.25) is 0 Å². The SMILES string of the molecule is CC(=O)C1CCC(C)C(O)C1. The molecule has 0 heterocycles. The monoisotopic (exact) mass is 156 g/mol. The van der Waals surface area contributed by atoms with E-state index in [0.717, 1.165) is 12.8 Å². The van der Waals surface area contributed by atoms with Gasteiger partial charge in [0.15, 0.2) is 0 Å². The molecule has 0 amide bonds. The van der Waals surface area contributed by atoms with Crippen LogP contribution in [0.25, 0.3) is 0 Å². The van der Waals surface area contributed by atoms with E-state index in [1.54, 1.807) is 6.92 Å². The van der Waals surface area contributed by atoms with Gasteiger partial charge in [-0.15, -0.1) is 0 Å². The summed E-state index contributed by atoms with van der Waals surface area (Å²) in [6.45, 7) is 3.66. The van der Waals surface area contributed by atoms with Gasteiger partial charge >= 0.3 is 0 Å². The van der Waals surface area contributed by atoms with Crippen molar-refractivity contribution in [1.29, 1.82) is 0 Å². The number of Topliss-reactive ketones (excluding diaryl/α,β-unsaturated/α-hetero) is 1. The van der Waals surface area contributed by atoms with Gasteiger partial charge in [0.05, 0.1) is 6.10 Å². The smallest absolute Gasteiger partial charge is 0.133 e. The Morgan fingerprint density at radius 3 is 2.55 bits per heavy atom. The number of hydrogen-bond donors (Lipinski definition) is 1. The van der Waals surface area contributed by atoms with E-state index in [1.165, 1.54) is 0 Å². The van der Waals surface area contributed by atoms with Gasteiger partial charge < -0.3 is 5.11 Å². The Morgan fingerprint density at radius 1 is 1.45 bits per heavy atom. The molecule has 3 atom stereocenters. The molecule has 1 fully saturated rings. The van der Waals surface area contributed by atoms with Gasteiger partial charge in [-0.3, -0.25) is 4.79 Å². The van der Waals surface area contributed by atoms with Gasteiger partial charge in [-0.05, 0) is 32.1 Å². The van der Waals surface area contributed by atoms with Crippen LogP contribution in [0, 0.1) is 11.8 Å². The second-order valence-electron chi connectivity index (χ2n) is 3.67. The van der Waals surface area contributed by atoms with E-state index < -0.39 is 0 Å². The maximum absolute atomic E-state index is 10.9. The van der Waals surface area contributed by atoms with Gasteiger partial charge in [0.2, 0.25) is 0 Å². The molecule has 0 aliphatic heterocycles. The summed E-state index contributed by atoms with van der Waals surface area (Å²) < 4.78 is 0.